The summed E-state index contributed by atoms with van der Waals surface area (Å²) in [6.07, 6.45) is 3.41. The number of piperidine rings is 1. The average molecular weight is 234 g/mol. The van der Waals surface area contributed by atoms with Gasteiger partial charge in [-0.15, -0.1) is 0 Å². The van der Waals surface area contributed by atoms with E-state index in [9.17, 15) is 4.79 Å². The van der Waals surface area contributed by atoms with E-state index in [4.69, 9.17) is 10.5 Å². The fraction of sp³-hybridized carbons (Fsp3) is 0.462. The minimum absolute atomic E-state index is 0.0490. The highest BCUT2D eigenvalue weighted by molar-refractivity contribution is 5.78. The van der Waals surface area contributed by atoms with Gasteiger partial charge in [0, 0.05) is 13.1 Å². The zero-order chi connectivity index (χ0) is 12.1. The molecule has 1 fully saturated rings. The van der Waals surface area contributed by atoms with Gasteiger partial charge in [0.25, 0.3) is 5.91 Å². The molecule has 1 aliphatic heterocycles. The Balaban J connectivity index is 1.85. The molecule has 0 unspecified atom stereocenters. The highest BCUT2D eigenvalue weighted by Crippen LogP contribution is 2.19. The third-order valence-corrected chi connectivity index (χ3v) is 2.98. The average Bonchev–Trinajstić information content (AvgIpc) is 2.38. The van der Waals surface area contributed by atoms with Gasteiger partial charge in [0.1, 0.15) is 5.75 Å². The second kappa shape index (κ2) is 5.57. The van der Waals surface area contributed by atoms with Crippen molar-refractivity contribution in [3.63, 3.8) is 0 Å². The molecule has 0 bridgehead atoms. The van der Waals surface area contributed by atoms with Crippen LogP contribution in [0.15, 0.2) is 24.3 Å². The molecule has 4 nitrogen and oxygen atoms in total. The van der Waals surface area contributed by atoms with Gasteiger partial charge in [-0.3, -0.25) is 4.79 Å². The van der Waals surface area contributed by atoms with Crippen molar-refractivity contribution in [2.75, 3.05) is 25.4 Å². The lowest BCUT2D eigenvalue weighted by Gasteiger charge is -2.26. The minimum atomic E-state index is 0.0490. The molecule has 0 saturated carbocycles. The number of nitrogen functional groups attached to an aromatic ring is 1. The first kappa shape index (κ1) is 11.8. The molecule has 2 N–H and O–H groups in total. The van der Waals surface area contributed by atoms with Crippen molar-refractivity contribution in [2.45, 2.75) is 19.3 Å². The Labute approximate surface area is 101 Å². The van der Waals surface area contributed by atoms with E-state index in [0.29, 0.717) is 11.4 Å². The molecule has 0 aliphatic carbocycles. The summed E-state index contributed by atoms with van der Waals surface area (Å²) >= 11 is 0. The first-order valence-corrected chi connectivity index (χ1v) is 6.02. The molecule has 1 aromatic carbocycles. The quantitative estimate of drug-likeness (QED) is 0.809. The van der Waals surface area contributed by atoms with Crippen LogP contribution in [0.3, 0.4) is 0 Å². The van der Waals surface area contributed by atoms with Crippen molar-refractivity contribution in [3.8, 4) is 5.75 Å². The molecule has 17 heavy (non-hydrogen) atoms. The standard InChI is InChI=1S/C13H18N2O2/c14-11-6-2-3-7-12(11)17-10-13(16)15-8-4-1-5-9-15/h2-3,6-7H,1,4-5,8-10,14H2. The van der Waals surface area contributed by atoms with Crippen LogP contribution >= 0.6 is 0 Å². The van der Waals surface area contributed by atoms with E-state index in [-0.39, 0.29) is 12.5 Å². The van der Waals surface area contributed by atoms with Crippen LogP contribution in [0, 0.1) is 0 Å². The Morgan fingerprint density at radius 2 is 1.94 bits per heavy atom. The van der Waals surface area contributed by atoms with Crippen molar-refractivity contribution < 1.29 is 9.53 Å². The number of likely N-dealkylation sites (tertiary alicyclic amines) is 1. The summed E-state index contributed by atoms with van der Waals surface area (Å²) < 4.78 is 5.44. The number of carbonyl (C=O) groups is 1. The highest BCUT2D eigenvalue weighted by atomic mass is 16.5. The number of carbonyl (C=O) groups excluding carboxylic acids is 1. The van der Waals surface area contributed by atoms with Gasteiger partial charge in [-0.25, -0.2) is 0 Å². The predicted molar refractivity (Wildman–Crippen MR) is 66.8 cm³/mol. The molecule has 1 aromatic rings. The molecular formula is C13H18N2O2. The van der Waals surface area contributed by atoms with Crippen molar-refractivity contribution in [1.29, 1.82) is 0 Å². The van der Waals surface area contributed by atoms with Crippen LogP contribution < -0.4 is 10.5 Å². The van der Waals surface area contributed by atoms with E-state index >= 15 is 0 Å². The van der Waals surface area contributed by atoms with E-state index in [1.807, 2.05) is 17.0 Å². The summed E-state index contributed by atoms with van der Waals surface area (Å²) in [6.45, 7) is 1.78. The molecule has 1 heterocycles. The summed E-state index contributed by atoms with van der Waals surface area (Å²) in [5.41, 5.74) is 6.30. The number of anilines is 1. The van der Waals surface area contributed by atoms with Gasteiger partial charge in [-0.05, 0) is 31.4 Å². The third kappa shape index (κ3) is 3.12. The molecule has 0 aromatic heterocycles. The Morgan fingerprint density at radius 1 is 1.24 bits per heavy atom. The van der Waals surface area contributed by atoms with Crippen LogP contribution in [0.2, 0.25) is 0 Å². The fourth-order valence-electron chi connectivity index (χ4n) is 1.99. The molecule has 1 saturated heterocycles. The summed E-state index contributed by atoms with van der Waals surface area (Å²) in [4.78, 5) is 13.7. The lowest BCUT2D eigenvalue weighted by Crippen LogP contribution is -2.38. The molecule has 0 radical (unpaired) electrons. The van der Waals surface area contributed by atoms with E-state index in [1.54, 1.807) is 12.1 Å². The maximum atomic E-state index is 11.8. The zero-order valence-corrected chi connectivity index (χ0v) is 9.89. The van der Waals surface area contributed by atoms with E-state index in [0.717, 1.165) is 25.9 Å². The number of para-hydroxylation sites is 2. The maximum Gasteiger partial charge on any atom is 0.260 e. The maximum absolute atomic E-state index is 11.8. The number of benzene rings is 1. The lowest BCUT2D eigenvalue weighted by atomic mass is 10.1. The molecule has 92 valence electrons. The Morgan fingerprint density at radius 3 is 2.65 bits per heavy atom. The van der Waals surface area contributed by atoms with Gasteiger partial charge < -0.3 is 15.4 Å². The smallest absolute Gasteiger partial charge is 0.260 e. The third-order valence-electron chi connectivity index (χ3n) is 2.98. The molecule has 0 atom stereocenters. The summed E-state index contributed by atoms with van der Waals surface area (Å²) in [5.74, 6) is 0.630. The molecule has 4 heteroatoms. The van der Waals surface area contributed by atoms with Crippen LogP contribution in [0.25, 0.3) is 0 Å². The van der Waals surface area contributed by atoms with Gasteiger partial charge in [0.2, 0.25) is 0 Å². The molecule has 1 aliphatic rings. The summed E-state index contributed by atoms with van der Waals surface area (Å²) in [7, 11) is 0. The number of amides is 1. The number of rotatable bonds is 3. The largest absolute Gasteiger partial charge is 0.482 e. The number of nitrogens with zero attached hydrogens (tertiary/aromatic N) is 1. The number of nitrogens with two attached hydrogens (primary N) is 1. The first-order valence-electron chi connectivity index (χ1n) is 6.02. The van der Waals surface area contributed by atoms with Crippen molar-refractivity contribution >= 4 is 11.6 Å². The lowest BCUT2D eigenvalue weighted by molar-refractivity contribution is -0.134. The Kier molecular flexibility index (Phi) is 3.85. The van der Waals surface area contributed by atoms with Gasteiger partial charge in [-0.1, -0.05) is 12.1 Å². The topological polar surface area (TPSA) is 55.6 Å². The van der Waals surface area contributed by atoms with Gasteiger partial charge in [0.05, 0.1) is 5.69 Å². The second-order valence-corrected chi connectivity index (χ2v) is 4.27. The van der Waals surface area contributed by atoms with Crippen LogP contribution in [0.1, 0.15) is 19.3 Å². The Bertz CT molecular complexity index is 387. The van der Waals surface area contributed by atoms with Crippen molar-refractivity contribution in [1.82, 2.24) is 4.90 Å². The number of ether oxygens (including phenoxy) is 1. The number of hydrogen-bond acceptors (Lipinski definition) is 3. The van der Waals surface area contributed by atoms with Gasteiger partial charge in [0.15, 0.2) is 6.61 Å². The second-order valence-electron chi connectivity index (χ2n) is 4.27. The fourth-order valence-corrected chi connectivity index (χ4v) is 1.99. The molecule has 2 rings (SSSR count). The number of hydrogen-bond donors (Lipinski definition) is 1. The molecular weight excluding hydrogens is 216 g/mol. The monoisotopic (exact) mass is 234 g/mol. The van der Waals surface area contributed by atoms with Crippen LogP contribution in [-0.4, -0.2) is 30.5 Å². The normalized spacial score (nSPS) is 15.6. The summed E-state index contributed by atoms with van der Waals surface area (Å²) in [6, 6.07) is 7.23. The first-order chi connectivity index (χ1) is 8.27. The SMILES string of the molecule is Nc1ccccc1OCC(=O)N1CCCCC1. The minimum Gasteiger partial charge on any atom is -0.482 e. The van der Waals surface area contributed by atoms with Gasteiger partial charge in [-0.2, -0.15) is 0 Å². The van der Waals surface area contributed by atoms with Crippen LogP contribution in [0.4, 0.5) is 5.69 Å². The van der Waals surface area contributed by atoms with Crippen LogP contribution in [-0.2, 0) is 4.79 Å². The van der Waals surface area contributed by atoms with Crippen molar-refractivity contribution in [2.24, 2.45) is 0 Å². The molecule has 1 amide bonds. The van der Waals surface area contributed by atoms with E-state index < -0.39 is 0 Å². The van der Waals surface area contributed by atoms with E-state index in [2.05, 4.69) is 0 Å². The van der Waals surface area contributed by atoms with Gasteiger partial charge >= 0.3 is 0 Å². The van der Waals surface area contributed by atoms with E-state index in [1.165, 1.54) is 6.42 Å². The predicted octanol–water partition coefficient (Wildman–Crippen LogP) is 1.66. The highest BCUT2D eigenvalue weighted by Gasteiger charge is 2.16. The Hall–Kier alpha value is -1.71. The summed E-state index contributed by atoms with van der Waals surface area (Å²) in [5, 5.41) is 0. The van der Waals surface area contributed by atoms with Crippen LogP contribution in [0.5, 0.6) is 5.75 Å². The zero-order valence-electron chi connectivity index (χ0n) is 9.89. The molecule has 0 spiro atoms. The van der Waals surface area contributed by atoms with Crippen molar-refractivity contribution in [3.05, 3.63) is 24.3 Å².